The van der Waals surface area contributed by atoms with E-state index in [1.54, 1.807) is 13.0 Å². The van der Waals surface area contributed by atoms with E-state index in [1.165, 1.54) is 20.0 Å². The van der Waals surface area contributed by atoms with E-state index in [4.69, 9.17) is 13.9 Å². The van der Waals surface area contributed by atoms with Crippen LogP contribution in [-0.2, 0) is 20.8 Å². The lowest BCUT2D eigenvalue weighted by atomic mass is 9.77. The summed E-state index contributed by atoms with van der Waals surface area (Å²) in [4.78, 5) is 25.6. The molecule has 2 aliphatic carbocycles. The highest BCUT2D eigenvalue weighted by Crippen LogP contribution is 2.39. The minimum atomic E-state index is -0.449. The number of fused-ring (bicyclic) bond motifs is 1. The summed E-state index contributed by atoms with van der Waals surface area (Å²) in [6, 6.07) is 3.61. The zero-order valence-electron chi connectivity index (χ0n) is 16.7. The molecule has 1 N–H and O–H groups in total. The van der Waals surface area contributed by atoms with Crippen molar-refractivity contribution in [2.45, 2.75) is 51.3 Å². The van der Waals surface area contributed by atoms with Crippen LogP contribution >= 0.6 is 0 Å². The smallest absolute Gasteiger partial charge is 0.373 e. The third kappa shape index (κ3) is 4.58. The van der Waals surface area contributed by atoms with Crippen molar-refractivity contribution in [3.63, 3.8) is 0 Å². The van der Waals surface area contributed by atoms with Crippen LogP contribution in [0.3, 0.4) is 0 Å². The fraction of sp³-hybridized carbons (Fsp3) is 0.714. The molecule has 0 bridgehead atoms. The number of nitrogens with zero attached hydrogens (tertiary/aromatic N) is 1. The number of amides is 1. The Bertz CT molecular complexity index is 713. The van der Waals surface area contributed by atoms with Crippen molar-refractivity contribution in [2.75, 3.05) is 26.8 Å². The van der Waals surface area contributed by atoms with Gasteiger partial charge in [0.1, 0.15) is 5.76 Å². The average Bonchev–Trinajstić information content (AvgIpc) is 3.24. The van der Waals surface area contributed by atoms with Gasteiger partial charge >= 0.3 is 5.97 Å². The summed E-state index contributed by atoms with van der Waals surface area (Å²) in [5.41, 5.74) is 0. The van der Waals surface area contributed by atoms with Crippen LogP contribution in [0.25, 0.3) is 0 Å². The minimum absolute atomic E-state index is 0.0178. The summed E-state index contributed by atoms with van der Waals surface area (Å²) >= 11 is 0. The first-order chi connectivity index (χ1) is 13.5. The van der Waals surface area contributed by atoms with Crippen molar-refractivity contribution in [2.24, 2.45) is 17.8 Å². The number of nitrogens with one attached hydrogen (secondary N) is 1. The Morgan fingerprint density at radius 1 is 1.21 bits per heavy atom. The zero-order chi connectivity index (χ0) is 19.7. The Morgan fingerprint density at radius 3 is 2.64 bits per heavy atom. The predicted molar refractivity (Wildman–Crippen MR) is 102 cm³/mol. The second kappa shape index (κ2) is 8.25. The van der Waals surface area contributed by atoms with E-state index in [-0.39, 0.29) is 23.8 Å². The molecule has 3 fully saturated rings. The number of likely N-dealkylation sites (tertiary alicyclic amines) is 1. The largest absolute Gasteiger partial charge is 0.463 e. The molecule has 1 aliphatic heterocycles. The maximum atomic E-state index is 11.7. The SMILES string of the molecule is COC(=O)c1ccc(CN2C[C@H]3C[C@@H](NC(C)=O)[C@H](OCC4CC4)C[C@H]3C2)o1. The van der Waals surface area contributed by atoms with Gasteiger partial charge in [0.05, 0.1) is 25.8 Å². The number of ether oxygens (including phenoxy) is 2. The van der Waals surface area contributed by atoms with Crippen molar-refractivity contribution in [3.8, 4) is 0 Å². The molecule has 2 heterocycles. The van der Waals surface area contributed by atoms with Crippen LogP contribution in [-0.4, -0.2) is 55.7 Å². The summed E-state index contributed by atoms with van der Waals surface area (Å²) in [6.45, 7) is 5.06. The number of esters is 1. The lowest BCUT2D eigenvalue weighted by Crippen LogP contribution is -2.50. The lowest BCUT2D eigenvalue weighted by Gasteiger charge is -2.38. The van der Waals surface area contributed by atoms with Crippen LogP contribution in [0.2, 0.25) is 0 Å². The molecule has 1 aromatic rings. The predicted octanol–water partition coefficient (Wildman–Crippen LogP) is 2.21. The molecule has 154 valence electrons. The first kappa shape index (κ1) is 19.5. The van der Waals surface area contributed by atoms with E-state index >= 15 is 0 Å². The van der Waals surface area contributed by atoms with Gasteiger partial charge in [-0.2, -0.15) is 0 Å². The first-order valence-electron chi connectivity index (χ1n) is 10.3. The number of methoxy groups -OCH3 is 1. The number of carbonyl (C=O) groups is 2. The quantitative estimate of drug-likeness (QED) is 0.719. The van der Waals surface area contributed by atoms with Crippen LogP contribution in [0.5, 0.6) is 0 Å². The molecule has 0 spiro atoms. The molecule has 28 heavy (non-hydrogen) atoms. The highest BCUT2D eigenvalue weighted by atomic mass is 16.5. The molecule has 7 heteroatoms. The minimum Gasteiger partial charge on any atom is -0.463 e. The van der Waals surface area contributed by atoms with Gasteiger partial charge in [-0.3, -0.25) is 9.69 Å². The van der Waals surface area contributed by atoms with Crippen molar-refractivity contribution in [3.05, 3.63) is 23.7 Å². The molecular weight excluding hydrogens is 360 g/mol. The van der Waals surface area contributed by atoms with Gasteiger partial charge < -0.3 is 19.2 Å². The summed E-state index contributed by atoms with van der Waals surface area (Å²) in [6.07, 6.45) is 4.61. The number of carbonyl (C=O) groups excluding carboxylic acids is 2. The molecule has 0 unspecified atom stereocenters. The lowest BCUT2D eigenvalue weighted by molar-refractivity contribution is -0.122. The van der Waals surface area contributed by atoms with Gasteiger partial charge in [0, 0.05) is 26.6 Å². The third-order valence-corrected chi connectivity index (χ3v) is 6.25. The molecule has 4 atom stereocenters. The van der Waals surface area contributed by atoms with Crippen molar-refractivity contribution >= 4 is 11.9 Å². The third-order valence-electron chi connectivity index (χ3n) is 6.25. The van der Waals surface area contributed by atoms with E-state index in [0.29, 0.717) is 18.4 Å². The number of hydrogen-bond acceptors (Lipinski definition) is 6. The van der Waals surface area contributed by atoms with Gasteiger partial charge in [0.25, 0.3) is 0 Å². The number of hydrogen-bond donors (Lipinski definition) is 1. The fourth-order valence-electron chi connectivity index (χ4n) is 4.67. The highest BCUT2D eigenvalue weighted by molar-refractivity contribution is 5.86. The molecule has 1 aromatic heterocycles. The standard InChI is InChI=1S/C21H30N2O5/c1-13(24)22-18-7-15-9-23(11-17-5-6-19(28-17)21(25)26-2)10-16(15)8-20(18)27-12-14-3-4-14/h5-6,14-16,18,20H,3-4,7-12H2,1-2H3,(H,22,24)/t15-,16+,18-,20-/m1/s1. The van der Waals surface area contributed by atoms with Gasteiger partial charge in [0.15, 0.2) is 0 Å². The van der Waals surface area contributed by atoms with Crippen LogP contribution in [0.1, 0.15) is 48.9 Å². The van der Waals surface area contributed by atoms with Crippen LogP contribution in [0.4, 0.5) is 0 Å². The summed E-state index contributed by atoms with van der Waals surface area (Å²) in [5, 5.41) is 3.12. The molecule has 2 saturated carbocycles. The van der Waals surface area contributed by atoms with Gasteiger partial charge in [-0.05, 0) is 55.6 Å². The maximum Gasteiger partial charge on any atom is 0.373 e. The number of rotatable bonds is 7. The molecule has 7 nitrogen and oxygen atoms in total. The number of furan rings is 1. The van der Waals surface area contributed by atoms with E-state index in [2.05, 4.69) is 10.2 Å². The highest BCUT2D eigenvalue weighted by Gasteiger charge is 2.43. The molecule has 1 saturated heterocycles. The summed E-state index contributed by atoms with van der Waals surface area (Å²) in [7, 11) is 1.35. The zero-order valence-corrected chi connectivity index (χ0v) is 16.7. The Kier molecular flexibility index (Phi) is 5.73. The maximum absolute atomic E-state index is 11.7. The normalized spacial score (nSPS) is 30.1. The van der Waals surface area contributed by atoms with Crippen LogP contribution in [0.15, 0.2) is 16.5 Å². The van der Waals surface area contributed by atoms with Gasteiger partial charge in [-0.25, -0.2) is 4.79 Å². The molecule has 1 amide bonds. The van der Waals surface area contributed by atoms with E-state index in [1.807, 2.05) is 6.07 Å². The van der Waals surface area contributed by atoms with Crippen molar-refractivity contribution < 1.29 is 23.5 Å². The fourth-order valence-corrected chi connectivity index (χ4v) is 4.67. The first-order valence-corrected chi connectivity index (χ1v) is 10.3. The second-order valence-electron chi connectivity index (χ2n) is 8.57. The average molecular weight is 390 g/mol. The van der Waals surface area contributed by atoms with Gasteiger partial charge in [0.2, 0.25) is 11.7 Å². The van der Waals surface area contributed by atoms with E-state index in [9.17, 15) is 9.59 Å². The Morgan fingerprint density at radius 2 is 1.96 bits per heavy atom. The summed E-state index contributed by atoms with van der Waals surface area (Å²) < 4.78 is 16.5. The van der Waals surface area contributed by atoms with Crippen molar-refractivity contribution in [1.82, 2.24) is 10.2 Å². The monoisotopic (exact) mass is 390 g/mol. The molecule has 4 rings (SSSR count). The van der Waals surface area contributed by atoms with Crippen LogP contribution < -0.4 is 5.32 Å². The molecule has 0 aromatic carbocycles. The van der Waals surface area contributed by atoms with E-state index in [0.717, 1.165) is 44.2 Å². The van der Waals surface area contributed by atoms with Gasteiger partial charge in [-0.1, -0.05) is 0 Å². The summed E-state index contributed by atoms with van der Waals surface area (Å²) in [5.74, 6) is 2.43. The molecule has 3 aliphatic rings. The van der Waals surface area contributed by atoms with E-state index < -0.39 is 5.97 Å². The Hall–Kier alpha value is -1.86. The van der Waals surface area contributed by atoms with Gasteiger partial charge in [-0.15, -0.1) is 0 Å². The molecule has 0 radical (unpaired) electrons. The van der Waals surface area contributed by atoms with Crippen LogP contribution in [0, 0.1) is 17.8 Å². The topological polar surface area (TPSA) is 81.0 Å². The van der Waals surface area contributed by atoms with Crippen molar-refractivity contribution in [1.29, 1.82) is 0 Å². The second-order valence-corrected chi connectivity index (χ2v) is 8.57. The Balaban J connectivity index is 1.35. The molecular formula is C21H30N2O5. The Labute approximate surface area is 165 Å².